The summed E-state index contributed by atoms with van der Waals surface area (Å²) in [5.74, 6) is -0.922. The molecule has 1 unspecified atom stereocenters. The van der Waals surface area contributed by atoms with E-state index in [1.807, 2.05) is 13.0 Å². The zero-order valence-corrected chi connectivity index (χ0v) is 14.6. The smallest absolute Gasteiger partial charge is 0.339 e. The predicted molar refractivity (Wildman–Crippen MR) is 94.8 cm³/mol. The highest BCUT2D eigenvalue weighted by Crippen LogP contribution is 2.21. The Morgan fingerprint density at radius 3 is 2.64 bits per heavy atom. The van der Waals surface area contributed by atoms with Crippen molar-refractivity contribution in [1.82, 2.24) is 5.32 Å². The van der Waals surface area contributed by atoms with Crippen molar-refractivity contribution in [3.8, 4) is 0 Å². The molecule has 1 aliphatic rings. The number of halogens is 1. The maximum Gasteiger partial charge on any atom is 0.339 e. The Morgan fingerprint density at radius 1 is 1.36 bits per heavy atom. The van der Waals surface area contributed by atoms with Crippen LogP contribution in [0, 0.1) is 18.7 Å². The molecule has 1 aliphatic heterocycles. The minimum Gasteiger partial charge on any atom is -0.462 e. The third kappa shape index (κ3) is 4.93. The van der Waals surface area contributed by atoms with Gasteiger partial charge in [0.1, 0.15) is 11.6 Å². The van der Waals surface area contributed by atoms with E-state index in [1.54, 1.807) is 6.07 Å². The first-order chi connectivity index (χ1) is 11.9. The van der Waals surface area contributed by atoms with Gasteiger partial charge in [-0.05, 0) is 56.0 Å². The van der Waals surface area contributed by atoms with Gasteiger partial charge in [0.25, 0.3) is 0 Å². The zero-order valence-electron chi connectivity index (χ0n) is 14.6. The average Bonchev–Trinajstić information content (AvgIpc) is 2.58. The highest BCUT2D eigenvalue weighted by Gasteiger charge is 2.30. The van der Waals surface area contributed by atoms with E-state index in [4.69, 9.17) is 21.9 Å². The van der Waals surface area contributed by atoms with Crippen molar-refractivity contribution in [3.05, 3.63) is 46.5 Å². The van der Waals surface area contributed by atoms with Gasteiger partial charge in [-0.3, -0.25) is 0 Å². The second-order valence-electron chi connectivity index (χ2n) is 6.40. The highest BCUT2D eigenvalue weighted by atomic mass is 19.1. The fourth-order valence-electron chi connectivity index (χ4n) is 3.19. The number of hydrogen-bond donors (Lipinski definition) is 4. The lowest BCUT2D eigenvalue weighted by molar-refractivity contribution is -0.139. The van der Waals surface area contributed by atoms with Crippen LogP contribution in [0.3, 0.4) is 0 Å². The van der Waals surface area contributed by atoms with Crippen molar-refractivity contribution in [3.63, 3.8) is 0 Å². The molecule has 1 aromatic carbocycles. The lowest BCUT2D eigenvalue weighted by Crippen LogP contribution is -2.43. The average molecular weight is 350 g/mol. The number of esters is 1. The van der Waals surface area contributed by atoms with Crippen LogP contribution in [0.5, 0.6) is 0 Å². The Labute approximate surface area is 147 Å². The third-order valence-electron chi connectivity index (χ3n) is 4.69. The molecule has 1 atom stereocenters. The van der Waals surface area contributed by atoms with E-state index in [0.29, 0.717) is 5.56 Å². The van der Waals surface area contributed by atoms with Crippen LogP contribution in [-0.4, -0.2) is 31.7 Å². The summed E-state index contributed by atoms with van der Waals surface area (Å²) in [5, 5.41) is 3.24. The normalized spacial score (nSPS) is 16.3. The second-order valence-corrected chi connectivity index (χ2v) is 6.40. The fourth-order valence-corrected chi connectivity index (χ4v) is 3.19. The van der Waals surface area contributed by atoms with Gasteiger partial charge in [-0.25, -0.2) is 9.18 Å². The molecule has 0 radical (unpaired) electrons. The van der Waals surface area contributed by atoms with Crippen LogP contribution in [0.25, 0.3) is 0 Å². The Hall–Kier alpha value is -2.12. The first kappa shape index (κ1) is 19.2. The number of benzene rings is 1. The van der Waals surface area contributed by atoms with E-state index in [9.17, 15) is 9.18 Å². The van der Waals surface area contributed by atoms with E-state index in [1.165, 1.54) is 6.07 Å². The summed E-state index contributed by atoms with van der Waals surface area (Å²) in [5.41, 5.74) is 19.0. The van der Waals surface area contributed by atoms with Gasteiger partial charge in [-0.15, -0.1) is 0 Å². The van der Waals surface area contributed by atoms with E-state index >= 15 is 0 Å². The molecule has 1 saturated heterocycles. The lowest BCUT2D eigenvalue weighted by Gasteiger charge is -2.29. The minimum absolute atomic E-state index is 0.0380. The molecule has 0 aliphatic carbocycles. The van der Waals surface area contributed by atoms with E-state index in [-0.39, 0.29) is 36.2 Å². The molecule has 138 valence electrons. The molecule has 6 nitrogen and oxygen atoms in total. The Balaban J connectivity index is 1.98. The molecule has 2 rings (SSSR count). The number of hydrogen-bond acceptors (Lipinski definition) is 6. The molecule has 1 aromatic rings. The molecule has 0 amide bonds. The number of aryl methyl sites for hydroxylation is 1. The standard InChI is InChI=1S/C18H27FN4O2/c1-11-3-2-4-14(19)13(11)7-10-25-18(24)15(17(21)22)16(20)12-5-8-23-9-6-12/h2-4,12,16,23H,5-10,20-22H2,1H3. The quantitative estimate of drug-likeness (QED) is 0.443. The largest absolute Gasteiger partial charge is 0.462 e. The molecule has 25 heavy (non-hydrogen) atoms. The maximum absolute atomic E-state index is 13.8. The van der Waals surface area contributed by atoms with Gasteiger partial charge in [0.2, 0.25) is 0 Å². The number of ether oxygens (including phenoxy) is 1. The van der Waals surface area contributed by atoms with Crippen LogP contribution < -0.4 is 22.5 Å². The van der Waals surface area contributed by atoms with Crippen molar-refractivity contribution in [2.24, 2.45) is 23.1 Å². The summed E-state index contributed by atoms with van der Waals surface area (Å²) in [6, 6.07) is 4.29. The topological polar surface area (TPSA) is 116 Å². The van der Waals surface area contributed by atoms with Gasteiger partial charge < -0.3 is 27.3 Å². The molecule has 0 bridgehead atoms. The van der Waals surface area contributed by atoms with Crippen molar-refractivity contribution >= 4 is 5.97 Å². The van der Waals surface area contributed by atoms with Gasteiger partial charge in [-0.2, -0.15) is 0 Å². The molecule has 1 fully saturated rings. The molecule has 1 heterocycles. The maximum atomic E-state index is 13.8. The van der Waals surface area contributed by atoms with Crippen molar-refractivity contribution in [2.45, 2.75) is 32.2 Å². The van der Waals surface area contributed by atoms with Crippen LogP contribution in [0.15, 0.2) is 29.6 Å². The van der Waals surface area contributed by atoms with Crippen LogP contribution in [0.1, 0.15) is 24.0 Å². The number of piperidine rings is 1. The summed E-state index contributed by atoms with van der Waals surface area (Å²) in [4.78, 5) is 12.4. The van der Waals surface area contributed by atoms with Gasteiger partial charge in [0.05, 0.1) is 12.2 Å². The summed E-state index contributed by atoms with van der Waals surface area (Å²) in [7, 11) is 0. The SMILES string of the molecule is Cc1cccc(F)c1CCOC(=O)C(=C(N)N)C(N)C1CCNCC1. The Morgan fingerprint density at radius 2 is 2.04 bits per heavy atom. The van der Waals surface area contributed by atoms with Crippen LogP contribution >= 0.6 is 0 Å². The second kappa shape index (κ2) is 8.82. The summed E-state index contributed by atoms with van der Waals surface area (Å²) < 4.78 is 19.1. The van der Waals surface area contributed by atoms with Crippen LogP contribution in [0.2, 0.25) is 0 Å². The minimum atomic E-state index is -0.625. The van der Waals surface area contributed by atoms with Crippen LogP contribution in [0.4, 0.5) is 4.39 Å². The van der Waals surface area contributed by atoms with Gasteiger partial charge in [-0.1, -0.05) is 12.1 Å². The number of rotatable bonds is 6. The number of carbonyl (C=O) groups is 1. The number of nitrogens with two attached hydrogens (primary N) is 3. The van der Waals surface area contributed by atoms with E-state index < -0.39 is 12.0 Å². The van der Waals surface area contributed by atoms with Crippen molar-refractivity contribution in [2.75, 3.05) is 19.7 Å². The Bertz CT molecular complexity index is 618. The zero-order chi connectivity index (χ0) is 18.4. The Kier molecular flexibility index (Phi) is 6.78. The number of nitrogens with one attached hydrogen (secondary N) is 1. The monoisotopic (exact) mass is 350 g/mol. The lowest BCUT2D eigenvalue weighted by atomic mass is 9.86. The molecule has 7 N–H and O–H groups in total. The van der Waals surface area contributed by atoms with Crippen molar-refractivity contribution < 1.29 is 13.9 Å². The molecular formula is C18H27FN4O2. The van der Waals surface area contributed by atoms with Crippen molar-refractivity contribution in [1.29, 1.82) is 0 Å². The van der Waals surface area contributed by atoms with Crippen LogP contribution in [-0.2, 0) is 16.0 Å². The fraction of sp³-hybridized carbons (Fsp3) is 0.500. The first-order valence-corrected chi connectivity index (χ1v) is 8.54. The van der Waals surface area contributed by atoms with Gasteiger partial charge >= 0.3 is 5.97 Å². The highest BCUT2D eigenvalue weighted by molar-refractivity contribution is 5.90. The first-order valence-electron chi connectivity index (χ1n) is 8.54. The third-order valence-corrected chi connectivity index (χ3v) is 4.69. The summed E-state index contributed by atoms with van der Waals surface area (Å²) >= 11 is 0. The summed E-state index contributed by atoms with van der Waals surface area (Å²) in [6.45, 7) is 3.54. The van der Waals surface area contributed by atoms with E-state index in [2.05, 4.69) is 5.32 Å². The molecule has 0 aromatic heterocycles. The summed E-state index contributed by atoms with van der Waals surface area (Å²) in [6.07, 6.45) is 1.98. The van der Waals surface area contributed by atoms with E-state index in [0.717, 1.165) is 31.5 Å². The van der Waals surface area contributed by atoms with Gasteiger partial charge in [0.15, 0.2) is 0 Å². The molecule has 7 heteroatoms. The molecule has 0 saturated carbocycles. The molecule has 0 spiro atoms. The van der Waals surface area contributed by atoms with Gasteiger partial charge in [0, 0.05) is 12.5 Å². The molecular weight excluding hydrogens is 323 g/mol. The predicted octanol–water partition coefficient (Wildman–Crippen LogP) is 0.676. The number of carbonyl (C=O) groups excluding carboxylic acids is 1.